The van der Waals surface area contributed by atoms with Crippen molar-refractivity contribution in [3.8, 4) is 0 Å². The van der Waals surface area contributed by atoms with Crippen molar-refractivity contribution in [2.24, 2.45) is 0 Å². The van der Waals surface area contributed by atoms with E-state index >= 15 is 0 Å². The maximum absolute atomic E-state index is 14.1. The zero-order valence-electron chi connectivity index (χ0n) is 23.3. The summed E-state index contributed by atoms with van der Waals surface area (Å²) >= 11 is 12.7. The number of hydrogen-bond donors (Lipinski definition) is 1. The summed E-state index contributed by atoms with van der Waals surface area (Å²) in [6, 6.07) is 19.3. The molecule has 3 aromatic rings. The fourth-order valence-electron chi connectivity index (χ4n) is 4.19. The topological polar surface area (TPSA) is 86.8 Å². The van der Waals surface area contributed by atoms with Gasteiger partial charge in [-0.05, 0) is 63.9 Å². The average molecular weight is 605 g/mol. The van der Waals surface area contributed by atoms with Gasteiger partial charge in [0.15, 0.2) is 0 Å². The normalized spacial score (nSPS) is 12.5. The van der Waals surface area contributed by atoms with E-state index in [4.69, 9.17) is 23.2 Å². The monoisotopic (exact) mass is 603 g/mol. The van der Waals surface area contributed by atoms with Crippen molar-refractivity contribution in [1.82, 2.24) is 10.2 Å². The largest absolute Gasteiger partial charge is 0.350 e. The van der Waals surface area contributed by atoms with E-state index in [0.717, 1.165) is 15.4 Å². The van der Waals surface area contributed by atoms with Crippen LogP contribution in [0.4, 0.5) is 5.69 Å². The summed E-state index contributed by atoms with van der Waals surface area (Å²) in [6.07, 6.45) is 0.323. The molecule has 0 aliphatic carbocycles. The predicted molar refractivity (Wildman–Crippen MR) is 161 cm³/mol. The Kier molecular flexibility index (Phi) is 10.3. The molecule has 0 aliphatic rings. The predicted octanol–water partition coefficient (Wildman–Crippen LogP) is 6.22. The van der Waals surface area contributed by atoms with Crippen molar-refractivity contribution in [3.63, 3.8) is 0 Å². The number of rotatable bonds is 10. The first kappa shape index (κ1) is 31.5. The van der Waals surface area contributed by atoms with Gasteiger partial charge in [0, 0.05) is 12.1 Å². The third kappa shape index (κ3) is 7.77. The molecule has 1 atom stereocenters. The van der Waals surface area contributed by atoms with Gasteiger partial charge in [0.05, 0.1) is 20.6 Å². The fourth-order valence-corrected chi connectivity index (χ4v) is 6.06. The lowest BCUT2D eigenvalue weighted by Crippen LogP contribution is -2.55. The Balaban J connectivity index is 2.10. The number of benzene rings is 3. The zero-order chi connectivity index (χ0) is 29.7. The van der Waals surface area contributed by atoms with Crippen LogP contribution in [0.15, 0.2) is 77.7 Å². The lowest BCUT2D eigenvalue weighted by Gasteiger charge is -2.35. The number of carbonyl (C=O) groups is 2. The molecule has 7 nitrogen and oxygen atoms in total. The molecule has 3 aromatic carbocycles. The molecule has 0 bridgehead atoms. The van der Waals surface area contributed by atoms with E-state index in [1.54, 1.807) is 18.2 Å². The lowest BCUT2D eigenvalue weighted by molar-refractivity contribution is -0.141. The van der Waals surface area contributed by atoms with Crippen LogP contribution in [0.1, 0.15) is 45.2 Å². The number of halogens is 2. The summed E-state index contributed by atoms with van der Waals surface area (Å²) in [7, 11) is -4.25. The third-order valence-electron chi connectivity index (χ3n) is 6.17. The van der Waals surface area contributed by atoms with E-state index < -0.39 is 34.1 Å². The van der Waals surface area contributed by atoms with Crippen LogP contribution in [-0.2, 0) is 26.2 Å². The average Bonchev–Trinajstić information content (AvgIpc) is 2.88. The first-order valence-corrected chi connectivity index (χ1v) is 15.1. The van der Waals surface area contributed by atoms with Crippen LogP contribution >= 0.6 is 23.2 Å². The zero-order valence-corrected chi connectivity index (χ0v) is 25.6. The van der Waals surface area contributed by atoms with E-state index in [9.17, 15) is 18.0 Å². The smallest absolute Gasteiger partial charge is 0.264 e. The highest BCUT2D eigenvalue weighted by molar-refractivity contribution is 7.92. The number of amides is 2. The van der Waals surface area contributed by atoms with E-state index in [1.807, 2.05) is 65.0 Å². The lowest BCUT2D eigenvalue weighted by atomic mass is 10.1. The van der Waals surface area contributed by atoms with Crippen molar-refractivity contribution >= 4 is 50.7 Å². The minimum Gasteiger partial charge on any atom is -0.350 e. The quantitative estimate of drug-likeness (QED) is 0.298. The van der Waals surface area contributed by atoms with Crippen molar-refractivity contribution in [1.29, 1.82) is 0 Å². The molecule has 10 heteroatoms. The van der Waals surface area contributed by atoms with Crippen molar-refractivity contribution in [3.05, 3.63) is 94.0 Å². The minimum absolute atomic E-state index is 0.000204. The summed E-state index contributed by atoms with van der Waals surface area (Å²) in [5.41, 5.74) is 1.22. The Morgan fingerprint density at radius 1 is 0.925 bits per heavy atom. The van der Waals surface area contributed by atoms with E-state index in [-0.39, 0.29) is 33.1 Å². The first-order chi connectivity index (χ1) is 18.7. The number of aryl methyl sites for hydroxylation is 1. The molecule has 0 saturated heterocycles. The molecule has 0 fully saturated rings. The molecule has 3 rings (SSSR count). The minimum atomic E-state index is -4.25. The van der Waals surface area contributed by atoms with Gasteiger partial charge in [-0.3, -0.25) is 13.9 Å². The summed E-state index contributed by atoms with van der Waals surface area (Å²) in [5.74, 6) is -0.889. The molecule has 0 radical (unpaired) electrons. The molecule has 0 spiro atoms. The van der Waals surface area contributed by atoms with Gasteiger partial charge in [-0.2, -0.15) is 0 Å². The van der Waals surface area contributed by atoms with E-state index in [2.05, 4.69) is 5.32 Å². The number of hydrogen-bond acceptors (Lipinski definition) is 4. The molecule has 0 saturated carbocycles. The standard InChI is InChI=1S/C30H35Cl2N3O4S/c1-6-25(29(37)33-30(3,4)5)34(19-22-11-8-7-9-12-22)27(36)20-35(26-14-10-13-24(31)28(26)32)40(38,39)23-17-15-21(2)16-18-23/h7-18,25H,6,19-20H2,1-5H3,(H,33,37)/t25-/m1/s1. The van der Waals surface area contributed by atoms with E-state index in [1.165, 1.54) is 29.2 Å². The first-order valence-electron chi connectivity index (χ1n) is 12.9. The molecular formula is C30H35Cl2N3O4S. The highest BCUT2D eigenvalue weighted by Crippen LogP contribution is 2.35. The fraction of sp³-hybridized carbons (Fsp3) is 0.333. The molecule has 40 heavy (non-hydrogen) atoms. The summed E-state index contributed by atoms with van der Waals surface area (Å²) in [5, 5.41) is 3.10. The maximum atomic E-state index is 14.1. The molecule has 0 heterocycles. The van der Waals surface area contributed by atoms with Crippen LogP contribution < -0.4 is 9.62 Å². The number of anilines is 1. The van der Waals surface area contributed by atoms with Crippen LogP contribution in [0.25, 0.3) is 0 Å². The molecule has 1 N–H and O–H groups in total. The van der Waals surface area contributed by atoms with Gasteiger partial charge in [0.25, 0.3) is 10.0 Å². The second kappa shape index (κ2) is 13.1. The maximum Gasteiger partial charge on any atom is 0.264 e. The van der Waals surface area contributed by atoms with Gasteiger partial charge in [0.1, 0.15) is 12.6 Å². The Morgan fingerprint density at radius 2 is 1.55 bits per heavy atom. The number of carbonyl (C=O) groups excluding carboxylic acids is 2. The van der Waals surface area contributed by atoms with Gasteiger partial charge < -0.3 is 10.2 Å². The van der Waals surface area contributed by atoms with Gasteiger partial charge in [-0.25, -0.2) is 8.42 Å². The summed E-state index contributed by atoms with van der Waals surface area (Å²) in [6.45, 7) is 8.75. The van der Waals surface area contributed by atoms with Crippen molar-refractivity contribution in [2.45, 2.75) is 64.1 Å². The van der Waals surface area contributed by atoms with Gasteiger partial charge in [0.2, 0.25) is 11.8 Å². The Labute approximate surface area is 247 Å². The molecule has 0 aliphatic heterocycles. The third-order valence-corrected chi connectivity index (χ3v) is 8.75. The molecule has 0 unspecified atom stereocenters. The molecule has 2 amide bonds. The highest BCUT2D eigenvalue weighted by Gasteiger charge is 2.35. The van der Waals surface area contributed by atoms with Crippen LogP contribution in [0, 0.1) is 6.92 Å². The molecule has 0 aromatic heterocycles. The van der Waals surface area contributed by atoms with Gasteiger partial charge >= 0.3 is 0 Å². The Hall–Kier alpha value is -3.07. The van der Waals surface area contributed by atoms with Crippen LogP contribution in [-0.4, -0.2) is 43.3 Å². The number of nitrogens with zero attached hydrogens (tertiary/aromatic N) is 2. The van der Waals surface area contributed by atoms with Crippen molar-refractivity contribution < 1.29 is 18.0 Å². The summed E-state index contributed by atoms with van der Waals surface area (Å²) in [4.78, 5) is 28.9. The molecule has 214 valence electrons. The number of nitrogens with one attached hydrogen (secondary N) is 1. The van der Waals surface area contributed by atoms with Gasteiger partial charge in [-0.15, -0.1) is 0 Å². The van der Waals surface area contributed by atoms with Crippen molar-refractivity contribution in [2.75, 3.05) is 10.8 Å². The SMILES string of the molecule is CC[C@H](C(=O)NC(C)(C)C)N(Cc1ccccc1)C(=O)CN(c1cccc(Cl)c1Cl)S(=O)(=O)c1ccc(C)cc1. The van der Waals surface area contributed by atoms with E-state index in [0.29, 0.717) is 6.42 Å². The highest BCUT2D eigenvalue weighted by atomic mass is 35.5. The number of sulfonamides is 1. The summed E-state index contributed by atoms with van der Waals surface area (Å²) < 4.78 is 28.9. The van der Waals surface area contributed by atoms with Gasteiger partial charge in [-0.1, -0.05) is 84.2 Å². The van der Waals surface area contributed by atoms with Crippen LogP contribution in [0.5, 0.6) is 0 Å². The second-order valence-corrected chi connectivity index (χ2v) is 13.2. The van der Waals surface area contributed by atoms with Crippen LogP contribution in [0.3, 0.4) is 0 Å². The Bertz CT molecular complexity index is 1440. The Morgan fingerprint density at radius 3 is 2.12 bits per heavy atom. The molecular weight excluding hydrogens is 569 g/mol. The van der Waals surface area contributed by atoms with Crippen LogP contribution in [0.2, 0.25) is 10.0 Å². The second-order valence-electron chi connectivity index (χ2n) is 10.6.